The molecule has 1 aromatic carbocycles. The summed E-state index contributed by atoms with van der Waals surface area (Å²) < 4.78 is 8.59. The van der Waals surface area contributed by atoms with Gasteiger partial charge in [-0.25, -0.2) is 0 Å². The minimum Gasteiger partial charge on any atom is -0.378 e. The molecule has 0 radical (unpaired) electrons. The number of morpholine rings is 1. The lowest BCUT2D eigenvalue weighted by molar-refractivity contribution is 0.101. The smallest absolute Gasteiger partial charge is 0.272 e. The summed E-state index contributed by atoms with van der Waals surface area (Å²) in [5.41, 5.74) is 3.81. The Morgan fingerprint density at radius 2 is 1.96 bits per heavy atom. The number of ether oxygens (including phenoxy) is 1. The van der Waals surface area contributed by atoms with Gasteiger partial charge in [-0.3, -0.25) is 4.79 Å². The number of amides is 1. The van der Waals surface area contributed by atoms with E-state index >= 15 is 0 Å². The van der Waals surface area contributed by atoms with Crippen molar-refractivity contribution in [2.45, 2.75) is 13.5 Å². The van der Waals surface area contributed by atoms with Gasteiger partial charge in [-0.1, -0.05) is 0 Å². The topological polar surface area (TPSA) is 46.5 Å². The van der Waals surface area contributed by atoms with Gasteiger partial charge in [0, 0.05) is 31.0 Å². The molecule has 1 aliphatic rings. The second kappa shape index (κ2) is 6.90. The van der Waals surface area contributed by atoms with Crippen molar-refractivity contribution in [3.63, 3.8) is 0 Å². The van der Waals surface area contributed by atoms with Crippen LogP contribution < -0.4 is 10.2 Å². The zero-order valence-corrected chi connectivity index (χ0v) is 15.0. The van der Waals surface area contributed by atoms with Crippen LogP contribution in [0.1, 0.15) is 17.4 Å². The molecule has 6 heteroatoms. The first-order valence-electron chi connectivity index (χ1n) is 8.57. The highest BCUT2D eigenvalue weighted by Gasteiger charge is 2.16. The monoisotopic (exact) mass is 355 g/mol. The highest BCUT2D eigenvalue weighted by atomic mass is 32.1. The minimum atomic E-state index is -0.0654. The molecule has 25 heavy (non-hydrogen) atoms. The lowest BCUT2D eigenvalue weighted by atomic mass is 10.2. The van der Waals surface area contributed by atoms with Crippen LogP contribution >= 0.6 is 11.3 Å². The zero-order valence-electron chi connectivity index (χ0n) is 14.2. The molecular weight excluding hydrogens is 334 g/mol. The molecule has 1 amide bonds. The fourth-order valence-electron chi connectivity index (χ4n) is 3.28. The van der Waals surface area contributed by atoms with Gasteiger partial charge in [-0.05, 0) is 48.7 Å². The predicted molar refractivity (Wildman–Crippen MR) is 103 cm³/mol. The molecule has 130 valence electrons. The quantitative estimate of drug-likeness (QED) is 0.774. The van der Waals surface area contributed by atoms with Crippen LogP contribution in [0.15, 0.2) is 41.8 Å². The Hall–Kier alpha value is -2.31. The van der Waals surface area contributed by atoms with Crippen LogP contribution in [0.5, 0.6) is 0 Å². The minimum absolute atomic E-state index is 0.0654. The summed E-state index contributed by atoms with van der Waals surface area (Å²) in [7, 11) is 0. The van der Waals surface area contributed by atoms with Crippen LogP contribution in [0, 0.1) is 0 Å². The highest BCUT2D eigenvalue weighted by Crippen LogP contribution is 2.26. The average Bonchev–Trinajstić information content (AvgIpc) is 3.24. The van der Waals surface area contributed by atoms with Crippen LogP contribution in [0.25, 0.3) is 10.2 Å². The number of carbonyl (C=O) groups excluding carboxylic acids is 1. The van der Waals surface area contributed by atoms with E-state index in [4.69, 9.17) is 4.74 Å². The predicted octanol–water partition coefficient (Wildman–Crippen LogP) is 3.81. The number of carbonyl (C=O) groups is 1. The van der Waals surface area contributed by atoms with Gasteiger partial charge in [-0.2, -0.15) is 0 Å². The van der Waals surface area contributed by atoms with Gasteiger partial charge in [0.2, 0.25) is 0 Å². The van der Waals surface area contributed by atoms with Crippen molar-refractivity contribution < 1.29 is 9.53 Å². The number of hydrogen-bond acceptors (Lipinski definition) is 4. The van der Waals surface area contributed by atoms with Crippen molar-refractivity contribution in [3.8, 4) is 0 Å². The van der Waals surface area contributed by atoms with E-state index in [9.17, 15) is 4.79 Å². The zero-order chi connectivity index (χ0) is 17.2. The number of thiophene rings is 1. The molecule has 1 fully saturated rings. The number of fused-ring (bicyclic) bond motifs is 1. The van der Waals surface area contributed by atoms with E-state index in [1.807, 2.05) is 18.2 Å². The lowest BCUT2D eigenvalue weighted by Crippen LogP contribution is -2.36. The van der Waals surface area contributed by atoms with E-state index in [2.05, 4.69) is 45.3 Å². The maximum absolute atomic E-state index is 12.7. The number of nitrogens with zero attached hydrogens (tertiary/aromatic N) is 2. The Morgan fingerprint density at radius 3 is 2.68 bits per heavy atom. The number of benzene rings is 1. The van der Waals surface area contributed by atoms with Gasteiger partial charge in [0.05, 0.1) is 23.4 Å². The molecule has 1 N–H and O–H groups in total. The molecule has 0 saturated carbocycles. The lowest BCUT2D eigenvalue weighted by Gasteiger charge is -2.28. The summed E-state index contributed by atoms with van der Waals surface area (Å²) in [5.74, 6) is -0.0654. The summed E-state index contributed by atoms with van der Waals surface area (Å²) in [6.07, 6.45) is 0. The summed E-state index contributed by atoms with van der Waals surface area (Å²) in [6, 6.07) is 12.1. The third kappa shape index (κ3) is 3.15. The van der Waals surface area contributed by atoms with Crippen molar-refractivity contribution in [2.75, 3.05) is 36.5 Å². The van der Waals surface area contributed by atoms with Gasteiger partial charge in [0.15, 0.2) is 0 Å². The standard InChI is InChI=1S/C19H21N3O2S/c1-2-22-16-7-12-25-18(16)13-17(22)19(23)20-14-3-5-15(6-4-14)21-8-10-24-11-9-21/h3-7,12-13H,2,8-11H2,1H3,(H,20,23). The molecule has 0 spiro atoms. The van der Waals surface area contributed by atoms with E-state index in [-0.39, 0.29) is 5.91 Å². The van der Waals surface area contributed by atoms with E-state index < -0.39 is 0 Å². The van der Waals surface area contributed by atoms with Gasteiger partial charge >= 0.3 is 0 Å². The normalized spacial score (nSPS) is 14.8. The summed E-state index contributed by atoms with van der Waals surface area (Å²) in [4.78, 5) is 15.0. The van der Waals surface area contributed by atoms with Gasteiger partial charge < -0.3 is 19.5 Å². The number of aryl methyl sites for hydroxylation is 1. The third-order valence-electron chi connectivity index (χ3n) is 4.57. The van der Waals surface area contributed by atoms with E-state index in [1.165, 1.54) is 5.69 Å². The molecule has 0 unspecified atom stereocenters. The Balaban J connectivity index is 1.50. The molecule has 0 bridgehead atoms. The Bertz CT molecular complexity index is 876. The Morgan fingerprint density at radius 1 is 1.20 bits per heavy atom. The maximum Gasteiger partial charge on any atom is 0.272 e. The number of aromatic nitrogens is 1. The molecule has 0 atom stereocenters. The van der Waals surface area contributed by atoms with E-state index in [0.29, 0.717) is 5.69 Å². The molecule has 3 heterocycles. The summed E-state index contributed by atoms with van der Waals surface area (Å²) in [6.45, 7) is 6.19. The van der Waals surface area contributed by atoms with Crippen LogP contribution in [0.2, 0.25) is 0 Å². The molecular formula is C19H21N3O2S. The molecule has 1 aliphatic heterocycles. The first-order chi connectivity index (χ1) is 12.3. The molecule has 3 aromatic rings. The average molecular weight is 355 g/mol. The Kier molecular flexibility index (Phi) is 4.46. The van der Waals surface area contributed by atoms with Crippen molar-refractivity contribution in [3.05, 3.63) is 47.5 Å². The number of rotatable bonds is 4. The first-order valence-corrected chi connectivity index (χ1v) is 9.45. The van der Waals surface area contributed by atoms with Gasteiger partial charge in [0.1, 0.15) is 5.69 Å². The highest BCUT2D eigenvalue weighted by molar-refractivity contribution is 7.17. The van der Waals surface area contributed by atoms with E-state index in [1.54, 1.807) is 11.3 Å². The van der Waals surface area contributed by atoms with Crippen molar-refractivity contribution in [1.29, 1.82) is 0 Å². The van der Waals surface area contributed by atoms with Crippen LogP contribution in [0.3, 0.4) is 0 Å². The second-order valence-electron chi connectivity index (χ2n) is 6.04. The molecule has 5 nitrogen and oxygen atoms in total. The van der Waals surface area contributed by atoms with Gasteiger partial charge in [-0.15, -0.1) is 11.3 Å². The largest absolute Gasteiger partial charge is 0.378 e. The molecule has 4 rings (SSSR count). The Labute approximate surface area is 150 Å². The number of anilines is 2. The summed E-state index contributed by atoms with van der Waals surface area (Å²) in [5, 5.41) is 5.07. The van der Waals surface area contributed by atoms with Gasteiger partial charge in [0.25, 0.3) is 5.91 Å². The third-order valence-corrected chi connectivity index (χ3v) is 5.43. The number of hydrogen-bond donors (Lipinski definition) is 1. The first kappa shape index (κ1) is 16.2. The van der Waals surface area contributed by atoms with Crippen molar-refractivity contribution in [1.82, 2.24) is 4.57 Å². The van der Waals surface area contributed by atoms with E-state index in [0.717, 1.165) is 48.8 Å². The fourth-order valence-corrected chi connectivity index (χ4v) is 4.10. The van der Waals surface area contributed by atoms with Crippen molar-refractivity contribution in [2.24, 2.45) is 0 Å². The molecule has 0 aliphatic carbocycles. The number of nitrogens with one attached hydrogen (secondary N) is 1. The SMILES string of the molecule is CCn1c(C(=O)Nc2ccc(N3CCOCC3)cc2)cc2sccc21. The fraction of sp³-hybridized carbons (Fsp3) is 0.316. The van der Waals surface area contributed by atoms with Crippen LogP contribution in [0.4, 0.5) is 11.4 Å². The molecule has 2 aromatic heterocycles. The van der Waals surface area contributed by atoms with Crippen LogP contribution in [-0.2, 0) is 11.3 Å². The van der Waals surface area contributed by atoms with Crippen molar-refractivity contribution >= 4 is 38.8 Å². The second-order valence-corrected chi connectivity index (χ2v) is 6.99. The summed E-state index contributed by atoms with van der Waals surface area (Å²) >= 11 is 1.66. The van der Waals surface area contributed by atoms with Crippen LogP contribution in [-0.4, -0.2) is 36.8 Å². The molecule has 1 saturated heterocycles. The maximum atomic E-state index is 12.7.